The zero-order valence-electron chi connectivity index (χ0n) is 15.4. The normalized spacial score (nSPS) is 32.4. The van der Waals surface area contributed by atoms with Gasteiger partial charge in [0.05, 0.1) is 0 Å². The number of amidine groups is 1. The zero-order valence-corrected chi connectivity index (χ0v) is 16.2. The Balaban J connectivity index is 1.84. The molecule has 1 fully saturated rings. The van der Waals surface area contributed by atoms with Crippen LogP contribution in [0, 0.1) is 0 Å². The first-order valence-corrected chi connectivity index (χ1v) is 9.69. The summed E-state index contributed by atoms with van der Waals surface area (Å²) in [4.78, 5) is 5.87. The van der Waals surface area contributed by atoms with Crippen molar-refractivity contribution in [3.63, 3.8) is 0 Å². The lowest BCUT2D eigenvalue weighted by molar-refractivity contribution is -0.326. The Bertz CT molecular complexity index is 719. The molecule has 10 heteroatoms. The monoisotopic (exact) mass is 420 g/mol. The molecule has 0 amide bonds. The molecule has 1 aromatic rings. The largest absolute Gasteiger partial charge is 0.419 e. The molecule has 2 aliphatic rings. The second-order valence-corrected chi connectivity index (χ2v) is 8.29. The summed E-state index contributed by atoms with van der Waals surface area (Å²) in [6.07, 6.45) is -11.4. The van der Waals surface area contributed by atoms with Crippen LogP contribution in [0.15, 0.2) is 35.3 Å². The SMILES string of the molecule is CN(C)C1=N[C@@H]2[C@@H](O)[C@H](O)[C@@H]([C@](O)(CCc3ccccc3)C(F)(F)F)O[C@@H]2S1. The van der Waals surface area contributed by atoms with E-state index in [1.54, 1.807) is 49.3 Å². The zero-order chi connectivity index (χ0) is 20.7. The highest BCUT2D eigenvalue weighted by molar-refractivity contribution is 8.14. The van der Waals surface area contributed by atoms with Gasteiger partial charge < -0.3 is 25.0 Å². The quantitative estimate of drug-likeness (QED) is 0.683. The number of aryl methyl sites for hydroxylation is 1. The molecule has 6 nitrogen and oxygen atoms in total. The van der Waals surface area contributed by atoms with Crippen LogP contribution < -0.4 is 0 Å². The molecule has 28 heavy (non-hydrogen) atoms. The smallest absolute Gasteiger partial charge is 0.388 e. The van der Waals surface area contributed by atoms with Gasteiger partial charge in [0.15, 0.2) is 10.8 Å². The fourth-order valence-electron chi connectivity index (χ4n) is 3.38. The van der Waals surface area contributed by atoms with Gasteiger partial charge in [0.25, 0.3) is 0 Å². The van der Waals surface area contributed by atoms with Crippen molar-refractivity contribution in [3.8, 4) is 0 Å². The van der Waals surface area contributed by atoms with E-state index in [4.69, 9.17) is 4.74 Å². The Kier molecular flexibility index (Phi) is 5.98. The first-order chi connectivity index (χ1) is 13.0. The van der Waals surface area contributed by atoms with E-state index in [0.717, 1.165) is 11.8 Å². The van der Waals surface area contributed by atoms with Gasteiger partial charge in [-0.1, -0.05) is 42.1 Å². The van der Waals surface area contributed by atoms with Gasteiger partial charge in [-0.05, 0) is 18.4 Å². The summed E-state index contributed by atoms with van der Waals surface area (Å²) < 4.78 is 47.1. The number of nitrogens with zero attached hydrogens (tertiary/aromatic N) is 2. The van der Waals surface area contributed by atoms with Crippen LogP contribution in [0.5, 0.6) is 0 Å². The predicted octanol–water partition coefficient (Wildman–Crippen LogP) is 1.39. The summed E-state index contributed by atoms with van der Waals surface area (Å²) in [7, 11) is 3.41. The third kappa shape index (κ3) is 3.88. The van der Waals surface area contributed by atoms with Crippen molar-refractivity contribution in [3.05, 3.63) is 35.9 Å². The van der Waals surface area contributed by atoms with Crippen LogP contribution in [0.2, 0.25) is 0 Å². The maximum Gasteiger partial charge on any atom is 0.419 e. The minimum atomic E-state index is -5.06. The van der Waals surface area contributed by atoms with Crippen LogP contribution in [0.25, 0.3) is 0 Å². The molecule has 1 saturated heterocycles. The Morgan fingerprint density at radius 1 is 1.14 bits per heavy atom. The van der Waals surface area contributed by atoms with E-state index < -0.39 is 48.0 Å². The van der Waals surface area contributed by atoms with Crippen molar-refractivity contribution in [1.82, 2.24) is 4.90 Å². The second-order valence-electron chi connectivity index (χ2n) is 7.23. The minimum Gasteiger partial charge on any atom is -0.388 e. The molecule has 0 spiro atoms. The first kappa shape index (κ1) is 21.4. The molecular formula is C18H23F3N2O4S. The molecule has 0 unspecified atom stereocenters. The molecule has 6 atom stereocenters. The fraction of sp³-hybridized carbons (Fsp3) is 0.611. The van der Waals surface area contributed by atoms with Gasteiger partial charge in [-0.3, -0.25) is 4.99 Å². The third-order valence-electron chi connectivity index (χ3n) is 5.03. The molecule has 2 aliphatic heterocycles. The highest BCUT2D eigenvalue weighted by Crippen LogP contribution is 2.45. The third-order valence-corrected chi connectivity index (χ3v) is 6.34. The maximum absolute atomic E-state index is 13.9. The maximum atomic E-state index is 13.9. The first-order valence-electron chi connectivity index (χ1n) is 8.81. The van der Waals surface area contributed by atoms with Gasteiger partial charge in [0.2, 0.25) is 0 Å². The van der Waals surface area contributed by atoms with Crippen LogP contribution in [0.3, 0.4) is 0 Å². The number of fused-ring (bicyclic) bond motifs is 1. The number of benzene rings is 1. The number of aliphatic hydroxyl groups is 3. The second kappa shape index (κ2) is 7.83. The molecule has 0 aliphatic carbocycles. The lowest BCUT2D eigenvalue weighted by atomic mass is 9.81. The van der Waals surface area contributed by atoms with Crippen molar-refractivity contribution in [2.24, 2.45) is 4.99 Å². The summed E-state index contributed by atoms with van der Waals surface area (Å²) in [5.74, 6) is 0. The van der Waals surface area contributed by atoms with Crippen LogP contribution in [0.4, 0.5) is 13.2 Å². The Morgan fingerprint density at radius 3 is 2.36 bits per heavy atom. The number of alkyl halides is 3. The van der Waals surface area contributed by atoms with Crippen molar-refractivity contribution >= 4 is 16.9 Å². The van der Waals surface area contributed by atoms with Gasteiger partial charge in [-0.25, -0.2) is 0 Å². The van der Waals surface area contributed by atoms with Gasteiger partial charge >= 0.3 is 6.18 Å². The Morgan fingerprint density at radius 2 is 1.79 bits per heavy atom. The van der Waals surface area contributed by atoms with Gasteiger partial charge in [-0.2, -0.15) is 13.2 Å². The molecule has 0 saturated carbocycles. The molecule has 0 bridgehead atoms. The summed E-state index contributed by atoms with van der Waals surface area (Å²) in [6.45, 7) is 0. The van der Waals surface area contributed by atoms with E-state index in [2.05, 4.69) is 4.99 Å². The number of aliphatic hydroxyl groups excluding tert-OH is 2. The minimum absolute atomic E-state index is 0.0692. The van der Waals surface area contributed by atoms with Gasteiger partial charge in [-0.15, -0.1) is 0 Å². The van der Waals surface area contributed by atoms with E-state index in [9.17, 15) is 28.5 Å². The van der Waals surface area contributed by atoms with Gasteiger partial charge in [0.1, 0.15) is 29.8 Å². The van der Waals surface area contributed by atoms with Crippen molar-refractivity contribution < 1.29 is 33.2 Å². The molecule has 2 heterocycles. The summed E-state index contributed by atoms with van der Waals surface area (Å²) in [6, 6.07) is 7.53. The summed E-state index contributed by atoms with van der Waals surface area (Å²) in [5.41, 5.74) is -3.64. The number of aliphatic imine (C=N–C) groups is 1. The topological polar surface area (TPSA) is 85.5 Å². The lowest BCUT2D eigenvalue weighted by Gasteiger charge is -2.46. The van der Waals surface area contributed by atoms with Crippen LogP contribution in [-0.2, 0) is 11.2 Å². The number of rotatable bonds is 4. The van der Waals surface area contributed by atoms with E-state index in [1.807, 2.05) is 0 Å². The van der Waals surface area contributed by atoms with Crippen LogP contribution in [0.1, 0.15) is 12.0 Å². The highest BCUT2D eigenvalue weighted by atomic mass is 32.2. The van der Waals surface area contributed by atoms with E-state index in [0.29, 0.717) is 10.7 Å². The molecule has 0 radical (unpaired) electrons. The van der Waals surface area contributed by atoms with Crippen molar-refractivity contribution in [1.29, 1.82) is 0 Å². The summed E-state index contributed by atoms with van der Waals surface area (Å²) >= 11 is 1.06. The number of thioether (sulfide) groups is 1. The highest BCUT2D eigenvalue weighted by Gasteiger charge is 2.65. The van der Waals surface area contributed by atoms with E-state index in [1.165, 1.54) is 0 Å². The number of hydrogen-bond donors (Lipinski definition) is 3. The molecule has 3 N–H and O–H groups in total. The summed E-state index contributed by atoms with van der Waals surface area (Å²) in [5, 5.41) is 31.9. The lowest BCUT2D eigenvalue weighted by Crippen LogP contribution is -2.67. The Hall–Kier alpha value is -1.33. The molecule has 3 rings (SSSR count). The number of ether oxygens (including phenoxy) is 1. The Labute approximate surface area is 165 Å². The number of hydrogen-bond acceptors (Lipinski definition) is 7. The number of halogens is 3. The fourth-order valence-corrected chi connectivity index (χ4v) is 4.52. The van der Waals surface area contributed by atoms with E-state index in [-0.39, 0.29) is 6.42 Å². The predicted molar refractivity (Wildman–Crippen MR) is 98.9 cm³/mol. The van der Waals surface area contributed by atoms with Crippen molar-refractivity contribution in [2.75, 3.05) is 14.1 Å². The van der Waals surface area contributed by atoms with Gasteiger partial charge in [0, 0.05) is 14.1 Å². The average Bonchev–Trinajstić information content (AvgIpc) is 3.07. The van der Waals surface area contributed by atoms with Crippen LogP contribution in [-0.4, -0.2) is 81.0 Å². The standard InChI is InChI=1S/C18H23F3N2O4S/c1-23(2)16-22-11-12(24)13(25)14(27-15(11)28-16)17(26,18(19,20)21)9-8-10-6-4-3-5-7-10/h3-7,11-15,24-26H,8-9H2,1-2H3/t11-,12-,13+,14+,15-,17-/m1/s1. The van der Waals surface area contributed by atoms with E-state index >= 15 is 0 Å². The van der Waals surface area contributed by atoms with Crippen LogP contribution >= 0.6 is 11.8 Å². The molecule has 156 valence electrons. The van der Waals surface area contributed by atoms with Crippen molar-refractivity contribution in [2.45, 2.75) is 54.4 Å². The molecule has 1 aromatic carbocycles. The molecule has 0 aromatic heterocycles. The average molecular weight is 420 g/mol. The molecular weight excluding hydrogens is 397 g/mol.